The quantitative estimate of drug-likeness (QED) is 0.413. The first-order valence-electron chi connectivity index (χ1n) is 2.37. The van der Waals surface area contributed by atoms with E-state index in [4.69, 9.17) is 0 Å². The molecule has 0 aliphatic rings. The van der Waals surface area contributed by atoms with Gasteiger partial charge in [-0.05, 0) is 0 Å². The maximum Gasteiger partial charge on any atom is 0.0682 e. The summed E-state index contributed by atoms with van der Waals surface area (Å²) in [5, 5.41) is 0. The van der Waals surface area contributed by atoms with Crippen LogP contribution in [0.25, 0.3) is 5.43 Å². The van der Waals surface area contributed by atoms with Gasteiger partial charge in [-0.15, -0.1) is 7.05 Å². The van der Waals surface area contributed by atoms with Crippen LogP contribution in [0.1, 0.15) is 6.92 Å². The maximum absolute atomic E-state index is 3.96. The van der Waals surface area contributed by atoms with Gasteiger partial charge in [-0.3, -0.25) is 0 Å². The Morgan fingerprint density at radius 1 is 1.71 bits per heavy atom. The van der Waals surface area contributed by atoms with E-state index in [1.165, 1.54) is 4.41 Å². The van der Waals surface area contributed by atoms with E-state index >= 15 is 0 Å². The van der Waals surface area contributed by atoms with Crippen LogP contribution in [0, 0.1) is 0 Å². The summed E-state index contributed by atoms with van der Waals surface area (Å²) in [4.78, 5) is 0. The summed E-state index contributed by atoms with van der Waals surface area (Å²) in [6.45, 7) is 2.12. The van der Waals surface area contributed by atoms with Gasteiger partial charge in [0, 0.05) is 5.75 Å². The second kappa shape index (κ2) is 4.43. The van der Waals surface area contributed by atoms with E-state index in [0.29, 0.717) is 0 Å². The lowest BCUT2D eigenvalue weighted by molar-refractivity contribution is -0.683. The van der Waals surface area contributed by atoms with Crippen molar-refractivity contribution in [2.24, 2.45) is 0 Å². The van der Waals surface area contributed by atoms with Gasteiger partial charge in [-0.2, -0.15) is 0 Å². The van der Waals surface area contributed by atoms with Crippen molar-refractivity contribution >= 4 is 11.9 Å². The number of hydrogen-bond donors (Lipinski definition) is 1. The smallest absolute Gasteiger partial charge is 0.0682 e. The second-order valence-electron chi connectivity index (χ2n) is 1.18. The minimum Gasteiger partial charge on any atom is -0.445 e. The van der Waals surface area contributed by atoms with Crippen molar-refractivity contribution < 1.29 is 4.41 Å². The molecule has 0 fully saturated rings. The van der Waals surface area contributed by atoms with E-state index in [0.717, 1.165) is 5.75 Å². The van der Waals surface area contributed by atoms with Crippen LogP contribution in [0.2, 0.25) is 0 Å². The zero-order valence-corrected chi connectivity index (χ0v) is 5.88. The minimum absolute atomic E-state index is 1.13. The summed E-state index contributed by atoms with van der Waals surface area (Å²) in [6.07, 6.45) is 0. The first-order valence-corrected chi connectivity index (χ1v) is 3.36. The van der Waals surface area contributed by atoms with E-state index in [1.807, 2.05) is 14.1 Å². The van der Waals surface area contributed by atoms with Crippen LogP contribution in [0.3, 0.4) is 0 Å². The van der Waals surface area contributed by atoms with Crippen LogP contribution in [-0.4, -0.2) is 19.8 Å². The molecule has 44 valence electrons. The van der Waals surface area contributed by atoms with Gasteiger partial charge in [0.25, 0.3) is 0 Å². The molecule has 0 aromatic carbocycles. The third kappa shape index (κ3) is 4.12. The Morgan fingerprint density at radius 2 is 2.29 bits per heavy atom. The fraction of sp³-hybridized carbons (Fsp3) is 1.00. The molecule has 0 aliphatic carbocycles. The van der Waals surface area contributed by atoms with Crippen LogP contribution in [0.4, 0.5) is 0 Å². The molecule has 0 rings (SSSR count). The molecule has 0 saturated heterocycles. The van der Waals surface area contributed by atoms with Crippen molar-refractivity contribution in [2.45, 2.75) is 6.92 Å². The van der Waals surface area contributed by atoms with Crippen molar-refractivity contribution in [2.75, 3.05) is 19.8 Å². The van der Waals surface area contributed by atoms with Crippen molar-refractivity contribution in [1.29, 1.82) is 0 Å². The predicted octanol–water partition coefficient (Wildman–Crippen LogP) is 0.0877. The highest BCUT2D eigenvalue weighted by atomic mass is 32.2. The predicted molar refractivity (Wildman–Crippen MR) is 34.3 cm³/mol. The van der Waals surface area contributed by atoms with Gasteiger partial charge >= 0.3 is 0 Å². The van der Waals surface area contributed by atoms with Crippen LogP contribution in [0.15, 0.2) is 0 Å². The van der Waals surface area contributed by atoms with Gasteiger partial charge in [0.2, 0.25) is 0 Å². The van der Waals surface area contributed by atoms with Crippen molar-refractivity contribution in [3.63, 3.8) is 0 Å². The molecule has 7 heavy (non-hydrogen) atoms. The normalized spacial score (nSPS) is 14.1. The highest BCUT2D eigenvalue weighted by molar-refractivity contribution is 7.93. The average Bonchev–Trinajstić information content (AvgIpc) is 1.68. The molecule has 1 N–H and O–H groups in total. The Labute approximate surface area is 49.4 Å². The molecule has 1 unspecified atom stereocenters. The first kappa shape index (κ1) is 7.27. The standard InChI is InChI=1S/C4H12N2S/c1-4-7-6(3)5-2/h6H,4H2,1-3H3. The third-order valence-electron chi connectivity index (χ3n) is 0.668. The van der Waals surface area contributed by atoms with Crippen molar-refractivity contribution in [3.05, 3.63) is 5.43 Å². The van der Waals surface area contributed by atoms with E-state index in [9.17, 15) is 0 Å². The first-order chi connectivity index (χ1) is 3.31. The number of rotatable bonds is 3. The van der Waals surface area contributed by atoms with E-state index in [-0.39, 0.29) is 0 Å². The Hall–Kier alpha value is 0.270. The molecule has 0 radical (unpaired) electrons. The van der Waals surface area contributed by atoms with Gasteiger partial charge in [0.1, 0.15) is 0 Å². The molecule has 0 aromatic heterocycles. The summed E-state index contributed by atoms with van der Waals surface area (Å²) in [5.74, 6) is 1.13. The van der Waals surface area contributed by atoms with E-state index in [2.05, 4.69) is 12.3 Å². The van der Waals surface area contributed by atoms with Crippen LogP contribution >= 0.6 is 11.9 Å². The van der Waals surface area contributed by atoms with Gasteiger partial charge in [-0.1, -0.05) is 6.92 Å². The maximum atomic E-state index is 3.96. The summed E-state index contributed by atoms with van der Waals surface area (Å²) < 4.78 is 1.17. The summed E-state index contributed by atoms with van der Waals surface area (Å²) >= 11 is 1.78. The SMILES string of the molecule is CCS[NH+](C)[N-]C. The average molecular weight is 120 g/mol. The largest absolute Gasteiger partial charge is 0.445 e. The molecule has 0 saturated carbocycles. The molecule has 0 heterocycles. The molecular weight excluding hydrogens is 108 g/mol. The summed E-state index contributed by atoms with van der Waals surface area (Å²) in [5.41, 5.74) is 3.96. The van der Waals surface area contributed by atoms with Crippen LogP contribution in [0.5, 0.6) is 0 Å². The van der Waals surface area contributed by atoms with Crippen LogP contribution in [-0.2, 0) is 0 Å². The Kier molecular flexibility index (Phi) is 4.60. The lowest BCUT2D eigenvalue weighted by Gasteiger charge is -2.18. The third-order valence-corrected chi connectivity index (χ3v) is 1.56. The molecule has 0 spiro atoms. The molecule has 2 nitrogen and oxygen atoms in total. The lowest BCUT2D eigenvalue weighted by atomic mass is 11.0. The minimum atomic E-state index is 1.13. The number of nitrogens with one attached hydrogen (secondary N) is 1. The van der Waals surface area contributed by atoms with E-state index < -0.39 is 0 Å². The zero-order valence-electron chi connectivity index (χ0n) is 5.06. The Bertz CT molecular complexity index is 40.7. The van der Waals surface area contributed by atoms with Gasteiger partial charge in [0.05, 0.1) is 19.0 Å². The monoisotopic (exact) mass is 120 g/mol. The molecule has 1 atom stereocenters. The van der Waals surface area contributed by atoms with E-state index in [1.54, 1.807) is 11.9 Å². The number of quaternary nitrogens is 1. The Morgan fingerprint density at radius 3 is 2.43 bits per heavy atom. The molecular formula is C4H12N2S. The Balaban J connectivity index is 2.83. The van der Waals surface area contributed by atoms with Crippen molar-refractivity contribution in [3.8, 4) is 0 Å². The van der Waals surface area contributed by atoms with Crippen LogP contribution < -0.4 is 4.41 Å². The van der Waals surface area contributed by atoms with Gasteiger partial charge < -0.3 is 9.84 Å². The molecule has 0 amide bonds. The summed E-state index contributed by atoms with van der Waals surface area (Å²) in [6, 6.07) is 0. The molecule has 0 aliphatic heterocycles. The highest BCUT2D eigenvalue weighted by Crippen LogP contribution is 1.80. The van der Waals surface area contributed by atoms with Gasteiger partial charge in [0.15, 0.2) is 0 Å². The highest BCUT2D eigenvalue weighted by Gasteiger charge is 1.83. The fourth-order valence-corrected chi connectivity index (χ4v) is 0.820. The lowest BCUT2D eigenvalue weighted by Crippen LogP contribution is -2.97. The second-order valence-corrected chi connectivity index (χ2v) is 2.63. The molecule has 0 bridgehead atoms. The summed E-state index contributed by atoms with van der Waals surface area (Å²) in [7, 11) is 3.84. The molecule has 0 aromatic rings. The fourth-order valence-electron chi connectivity index (χ4n) is 0.273. The number of nitrogens with zero attached hydrogens (tertiary/aromatic N) is 1. The molecule has 3 heteroatoms. The van der Waals surface area contributed by atoms with Crippen molar-refractivity contribution in [1.82, 2.24) is 0 Å². The zero-order chi connectivity index (χ0) is 5.70. The topological polar surface area (TPSA) is 18.5 Å². The number of hydrogen-bond acceptors (Lipinski definition) is 1. The van der Waals surface area contributed by atoms with Gasteiger partial charge in [-0.25, -0.2) is 0 Å².